The van der Waals surface area contributed by atoms with E-state index in [1.807, 2.05) is 0 Å². The topological polar surface area (TPSA) is 120 Å². The van der Waals surface area contributed by atoms with Gasteiger partial charge in [-0.2, -0.15) is 4.39 Å². The van der Waals surface area contributed by atoms with Gasteiger partial charge >= 0.3 is 5.69 Å². The van der Waals surface area contributed by atoms with E-state index in [0.29, 0.717) is 16.6 Å². The Bertz CT molecular complexity index is 1300. The fourth-order valence-corrected chi connectivity index (χ4v) is 4.73. The first-order valence-corrected chi connectivity index (χ1v) is 10.8. The molecule has 0 radical (unpaired) electrons. The number of halogens is 2. The van der Waals surface area contributed by atoms with Crippen LogP contribution in [0.5, 0.6) is 0 Å². The standard InChI is InChI=1S/C22H20BrFN4O5/c1-26-17(9-13-11-25-16-7-6-15(24)19(18(13)16)28(32)33)20(29)27(2)22(31,21(26)30)10-12-4-3-5-14(23)8-12/h3-8,11,17,25,31H,9-10H2,1-2H3/t17-,22+/m0/s1. The molecule has 0 bridgehead atoms. The van der Waals surface area contributed by atoms with E-state index in [0.717, 1.165) is 20.3 Å². The van der Waals surface area contributed by atoms with E-state index < -0.39 is 40.0 Å². The predicted molar refractivity (Wildman–Crippen MR) is 121 cm³/mol. The number of nitrogens with zero attached hydrogens (tertiary/aromatic N) is 3. The number of aliphatic hydroxyl groups is 1. The van der Waals surface area contributed by atoms with Crippen molar-refractivity contribution in [2.45, 2.75) is 24.6 Å². The lowest BCUT2D eigenvalue weighted by molar-refractivity contribution is -0.385. The first kappa shape index (κ1) is 22.9. The second-order valence-corrected chi connectivity index (χ2v) is 8.96. The number of nitro benzene ring substituents is 1. The molecule has 0 saturated carbocycles. The number of carbonyl (C=O) groups excluding carboxylic acids is 2. The number of likely N-dealkylation sites (N-methyl/N-ethyl adjacent to an activating group) is 2. The van der Waals surface area contributed by atoms with Crippen LogP contribution in [-0.4, -0.2) is 62.5 Å². The number of piperazine rings is 1. The smallest absolute Gasteiger partial charge is 0.314 e. The number of benzene rings is 2. The van der Waals surface area contributed by atoms with Gasteiger partial charge in [0.25, 0.3) is 5.91 Å². The molecule has 1 aliphatic heterocycles. The van der Waals surface area contributed by atoms with Gasteiger partial charge in [-0.3, -0.25) is 19.7 Å². The molecule has 33 heavy (non-hydrogen) atoms. The lowest BCUT2D eigenvalue weighted by Gasteiger charge is -2.47. The summed E-state index contributed by atoms with van der Waals surface area (Å²) >= 11 is 3.35. The van der Waals surface area contributed by atoms with Crippen molar-refractivity contribution in [2.75, 3.05) is 14.1 Å². The number of nitrogens with one attached hydrogen (secondary N) is 1. The molecule has 1 aromatic heterocycles. The van der Waals surface area contributed by atoms with Gasteiger partial charge in [-0.1, -0.05) is 28.1 Å². The van der Waals surface area contributed by atoms with Crippen LogP contribution in [0.3, 0.4) is 0 Å². The number of amides is 2. The van der Waals surface area contributed by atoms with Crippen molar-refractivity contribution in [1.29, 1.82) is 0 Å². The van der Waals surface area contributed by atoms with Crippen molar-refractivity contribution in [3.05, 3.63) is 74.1 Å². The molecule has 1 fully saturated rings. The number of aromatic nitrogens is 1. The quantitative estimate of drug-likeness (QED) is 0.397. The molecule has 9 nitrogen and oxygen atoms in total. The van der Waals surface area contributed by atoms with Gasteiger partial charge < -0.3 is 19.9 Å². The molecule has 3 aromatic rings. The third-order valence-electron chi connectivity index (χ3n) is 6.09. The number of aromatic amines is 1. The van der Waals surface area contributed by atoms with E-state index in [9.17, 15) is 29.2 Å². The molecule has 4 rings (SSSR count). The van der Waals surface area contributed by atoms with Crippen molar-refractivity contribution in [3.63, 3.8) is 0 Å². The fraction of sp³-hybridized carbons (Fsp3) is 0.273. The summed E-state index contributed by atoms with van der Waals surface area (Å²) in [6.45, 7) is 0. The Morgan fingerprint density at radius 2 is 2.00 bits per heavy atom. The van der Waals surface area contributed by atoms with Crippen LogP contribution in [0.15, 0.2) is 47.1 Å². The first-order chi connectivity index (χ1) is 15.5. The molecular formula is C22H20BrFN4O5. The minimum absolute atomic E-state index is 0.0475. The van der Waals surface area contributed by atoms with Crippen LogP contribution in [-0.2, 0) is 22.4 Å². The van der Waals surface area contributed by atoms with Crippen molar-refractivity contribution < 1.29 is 24.0 Å². The van der Waals surface area contributed by atoms with Crippen LogP contribution < -0.4 is 0 Å². The molecular weight excluding hydrogens is 499 g/mol. The Morgan fingerprint density at radius 1 is 1.27 bits per heavy atom. The number of fused-ring (bicyclic) bond motifs is 1. The van der Waals surface area contributed by atoms with E-state index in [-0.39, 0.29) is 18.2 Å². The third-order valence-corrected chi connectivity index (χ3v) is 6.58. The maximum atomic E-state index is 14.2. The van der Waals surface area contributed by atoms with Crippen LogP contribution in [0.2, 0.25) is 0 Å². The molecule has 0 unspecified atom stereocenters. The molecule has 2 atom stereocenters. The Hall–Kier alpha value is -3.31. The van der Waals surface area contributed by atoms with Crippen molar-refractivity contribution in [2.24, 2.45) is 0 Å². The molecule has 2 heterocycles. The summed E-state index contributed by atoms with van der Waals surface area (Å²) in [5.41, 5.74) is -1.48. The molecule has 172 valence electrons. The summed E-state index contributed by atoms with van der Waals surface area (Å²) in [6.07, 6.45) is 1.25. The highest BCUT2D eigenvalue weighted by Gasteiger charge is 2.53. The van der Waals surface area contributed by atoms with Gasteiger partial charge in [-0.05, 0) is 35.4 Å². The van der Waals surface area contributed by atoms with E-state index >= 15 is 0 Å². The number of carbonyl (C=O) groups is 2. The molecule has 0 aliphatic carbocycles. The Kier molecular flexibility index (Phi) is 5.71. The minimum Gasteiger partial charge on any atom is -0.363 e. The SMILES string of the molecule is CN1C(=O)[C@](O)(Cc2cccc(Br)c2)N(C)C(=O)[C@@H]1Cc1c[nH]c2ccc(F)c([N+](=O)[O-])c12. The second-order valence-electron chi connectivity index (χ2n) is 8.05. The van der Waals surface area contributed by atoms with Gasteiger partial charge in [-0.25, -0.2) is 0 Å². The second kappa shape index (κ2) is 8.23. The van der Waals surface area contributed by atoms with E-state index in [1.54, 1.807) is 24.3 Å². The van der Waals surface area contributed by atoms with Crippen LogP contribution in [0.25, 0.3) is 10.9 Å². The van der Waals surface area contributed by atoms with Gasteiger partial charge in [0, 0.05) is 37.6 Å². The number of rotatable bonds is 5. The van der Waals surface area contributed by atoms with Crippen molar-refractivity contribution in [1.82, 2.24) is 14.8 Å². The number of H-pyrrole nitrogens is 1. The van der Waals surface area contributed by atoms with E-state index in [4.69, 9.17) is 0 Å². The zero-order chi connectivity index (χ0) is 24.1. The van der Waals surface area contributed by atoms with E-state index in [1.165, 1.54) is 26.4 Å². The average molecular weight is 519 g/mol. The van der Waals surface area contributed by atoms with E-state index in [2.05, 4.69) is 20.9 Å². The highest BCUT2D eigenvalue weighted by atomic mass is 79.9. The maximum absolute atomic E-state index is 14.2. The summed E-state index contributed by atoms with van der Waals surface area (Å²) in [5, 5.41) is 22.7. The van der Waals surface area contributed by atoms with Gasteiger partial charge in [0.2, 0.25) is 17.4 Å². The third kappa shape index (κ3) is 3.76. The summed E-state index contributed by atoms with van der Waals surface area (Å²) in [4.78, 5) is 42.1. The Labute approximate surface area is 196 Å². The molecule has 11 heteroatoms. The molecule has 2 amide bonds. The molecule has 1 saturated heterocycles. The predicted octanol–water partition coefficient (Wildman–Crippen LogP) is 2.75. The number of hydrogen-bond donors (Lipinski definition) is 2. The zero-order valence-corrected chi connectivity index (χ0v) is 19.3. The lowest BCUT2D eigenvalue weighted by atomic mass is 9.92. The molecule has 1 aliphatic rings. The molecule has 0 spiro atoms. The Morgan fingerprint density at radius 3 is 2.67 bits per heavy atom. The summed E-state index contributed by atoms with van der Waals surface area (Å²) in [5.74, 6) is -2.22. The zero-order valence-electron chi connectivity index (χ0n) is 17.7. The minimum atomic E-state index is -2.10. The summed E-state index contributed by atoms with van der Waals surface area (Å²) in [6, 6.07) is 8.38. The van der Waals surface area contributed by atoms with Gasteiger partial charge in [0.05, 0.1) is 15.8 Å². The fourth-order valence-electron chi connectivity index (χ4n) is 4.28. The van der Waals surface area contributed by atoms with Crippen LogP contribution >= 0.6 is 15.9 Å². The van der Waals surface area contributed by atoms with Crippen LogP contribution in [0.4, 0.5) is 10.1 Å². The van der Waals surface area contributed by atoms with Crippen LogP contribution in [0, 0.1) is 15.9 Å². The monoisotopic (exact) mass is 518 g/mol. The molecule has 2 N–H and O–H groups in total. The van der Waals surface area contributed by atoms with Crippen molar-refractivity contribution in [3.8, 4) is 0 Å². The summed E-state index contributed by atoms with van der Waals surface area (Å²) in [7, 11) is 2.74. The van der Waals surface area contributed by atoms with Crippen molar-refractivity contribution >= 4 is 44.3 Å². The lowest BCUT2D eigenvalue weighted by Crippen LogP contribution is -2.70. The largest absolute Gasteiger partial charge is 0.363 e. The molecule has 2 aromatic carbocycles. The maximum Gasteiger partial charge on any atom is 0.314 e. The van der Waals surface area contributed by atoms with Gasteiger partial charge in [0.1, 0.15) is 6.04 Å². The van der Waals surface area contributed by atoms with Gasteiger partial charge in [0.15, 0.2) is 0 Å². The first-order valence-electron chi connectivity index (χ1n) is 9.99. The summed E-state index contributed by atoms with van der Waals surface area (Å²) < 4.78 is 15.0. The normalized spacial score (nSPS) is 21.2. The Balaban J connectivity index is 1.68. The average Bonchev–Trinajstić information content (AvgIpc) is 3.16. The number of hydrogen-bond acceptors (Lipinski definition) is 5. The highest BCUT2D eigenvalue weighted by Crippen LogP contribution is 2.34. The van der Waals surface area contributed by atoms with Gasteiger partial charge in [-0.15, -0.1) is 0 Å². The number of nitro groups is 1. The van der Waals surface area contributed by atoms with Crippen LogP contribution in [0.1, 0.15) is 11.1 Å². The highest BCUT2D eigenvalue weighted by molar-refractivity contribution is 9.10.